The van der Waals surface area contributed by atoms with Crippen LogP contribution in [-0.4, -0.2) is 28.3 Å². The van der Waals surface area contributed by atoms with Gasteiger partial charge in [0.15, 0.2) is 0 Å². The van der Waals surface area contributed by atoms with E-state index in [-0.39, 0.29) is 6.04 Å². The molecule has 2 aromatic carbocycles. The monoisotopic (exact) mass is 425 g/mol. The highest BCUT2D eigenvalue weighted by atomic mass is 32.2. The van der Waals surface area contributed by atoms with Gasteiger partial charge in [-0.2, -0.15) is 4.31 Å². The lowest BCUT2D eigenvalue weighted by Gasteiger charge is -2.37. The van der Waals surface area contributed by atoms with Gasteiger partial charge in [-0.1, -0.05) is 42.5 Å². The zero-order valence-corrected chi connectivity index (χ0v) is 18.1. The van der Waals surface area contributed by atoms with Crippen molar-refractivity contribution in [3.63, 3.8) is 0 Å². The van der Waals surface area contributed by atoms with Gasteiger partial charge in [0.1, 0.15) is 17.6 Å². The molecule has 6 nitrogen and oxygen atoms in total. The van der Waals surface area contributed by atoms with Crippen LogP contribution in [0, 0.1) is 0 Å². The molecular weight excluding hydrogens is 398 g/mol. The third-order valence-corrected chi connectivity index (χ3v) is 8.13. The predicted octanol–water partition coefficient (Wildman–Crippen LogP) is 4.05. The maximum absolute atomic E-state index is 13.4. The van der Waals surface area contributed by atoms with Gasteiger partial charge in [-0.25, -0.2) is 13.4 Å². The number of hydrogen-bond acceptors (Lipinski definition) is 4. The number of hydrogen-bond donors (Lipinski definition) is 0. The van der Waals surface area contributed by atoms with Crippen LogP contribution < -0.4 is 4.74 Å². The fourth-order valence-electron chi connectivity index (χ4n) is 3.90. The molecule has 4 rings (SSSR count). The third-order valence-electron chi connectivity index (χ3n) is 5.76. The quantitative estimate of drug-likeness (QED) is 0.598. The molecule has 1 aromatic heterocycles. The van der Waals surface area contributed by atoms with Gasteiger partial charge in [0.2, 0.25) is 10.0 Å². The summed E-state index contributed by atoms with van der Waals surface area (Å²) in [6.07, 6.45) is 5.03. The van der Waals surface area contributed by atoms with Crippen molar-refractivity contribution in [1.82, 2.24) is 13.9 Å². The zero-order chi connectivity index (χ0) is 21.1. The lowest BCUT2D eigenvalue weighted by molar-refractivity contribution is 0.281. The van der Waals surface area contributed by atoms with E-state index in [1.165, 1.54) is 0 Å². The number of aryl methyl sites for hydroxylation is 1. The van der Waals surface area contributed by atoms with Crippen LogP contribution in [0.25, 0.3) is 0 Å². The van der Waals surface area contributed by atoms with Gasteiger partial charge in [0.05, 0.1) is 18.2 Å². The molecule has 2 atom stereocenters. The second-order valence-corrected chi connectivity index (χ2v) is 9.91. The van der Waals surface area contributed by atoms with Crippen LogP contribution >= 0.6 is 0 Å². The molecule has 1 aliphatic rings. The van der Waals surface area contributed by atoms with Crippen molar-refractivity contribution < 1.29 is 13.2 Å². The topological polar surface area (TPSA) is 64.4 Å². The predicted molar refractivity (Wildman–Crippen MR) is 116 cm³/mol. The summed E-state index contributed by atoms with van der Waals surface area (Å²) in [5.74, 6) is 0.747. The zero-order valence-electron chi connectivity index (χ0n) is 17.3. The van der Waals surface area contributed by atoms with Gasteiger partial charge in [-0.3, -0.25) is 0 Å². The SMILES string of the molecule is C[C@H]1CCC(c2ccccc2)S(=O)(=O)N1Cc1ccc(OCc2cncn2C)cc1. The number of aromatic nitrogens is 2. The molecule has 0 spiro atoms. The molecule has 0 radical (unpaired) electrons. The maximum Gasteiger partial charge on any atom is 0.221 e. The van der Waals surface area contributed by atoms with E-state index in [0.29, 0.717) is 19.6 Å². The Bertz CT molecular complexity index is 1080. The molecule has 2 heterocycles. The smallest absolute Gasteiger partial charge is 0.221 e. The van der Waals surface area contributed by atoms with Crippen molar-refractivity contribution in [3.8, 4) is 5.75 Å². The van der Waals surface area contributed by atoms with E-state index < -0.39 is 15.3 Å². The Morgan fingerprint density at radius 1 is 1.07 bits per heavy atom. The van der Waals surface area contributed by atoms with Crippen molar-refractivity contribution in [2.24, 2.45) is 7.05 Å². The first kappa shape index (κ1) is 20.6. The van der Waals surface area contributed by atoms with Gasteiger partial charge in [0.25, 0.3) is 0 Å². The lowest BCUT2D eigenvalue weighted by atomic mass is 10.0. The van der Waals surface area contributed by atoms with Crippen LogP contribution in [0.5, 0.6) is 5.75 Å². The first-order valence-corrected chi connectivity index (χ1v) is 11.7. The highest BCUT2D eigenvalue weighted by Gasteiger charge is 2.40. The fourth-order valence-corrected chi connectivity index (χ4v) is 6.10. The average molecular weight is 426 g/mol. The van der Waals surface area contributed by atoms with Gasteiger partial charge >= 0.3 is 0 Å². The van der Waals surface area contributed by atoms with Crippen LogP contribution in [0.15, 0.2) is 67.1 Å². The third kappa shape index (κ3) is 4.27. The van der Waals surface area contributed by atoms with Crippen LogP contribution in [0.4, 0.5) is 0 Å². The Morgan fingerprint density at radius 2 is 1.80 bits per heavy atom. The fraction of sp³-hybridized carbons (Fsp3) is 0.348. The average Bonchev–Trinajstić information content (AvgIpc) is 3.16. The molecule has 0 saturated carbocycles. The molecule has 30 heavy (non-hydrogen) atoms. The van der Waals surface area contributed by atoms with Crippen molar-refractivity contribution >= 4 is 10.0 Å². The van der Waals surface area contributed by atoms with E-state index >= 15 is 0 Å². The number of rotatable bonds is 6. The van der Waals surface area contributed by atoms with Gasteiger partial charge in [-0.15, -0.1) is 0 Å². The number of ether oxygens (including phenoxy) is 1. The molecule has 158 valence electrons. The normalized spacial score (nSPS) is 21.4. The van der Waals surface area contributed by atoms with E-state index in [2.05, 4.69) is 4.98 Å². The first-order chi connectivity index (χ1) is 14.4. The van der Waals surface area contributed by atoms with Crippen LogP contribution in [0.3, 0.4) is 0 Å². The Hall–Kier alpha value is -2.64. The molecule has 0 aliphatic carbocycles. The minimum Gasteiger partial charge on any atom is -0.487 e. The summed E-state index contributed by atoms with van der Waals surface area (Å²) in [7, 11) is -1.50. The number of sulfonamides is 1. The van der Waals surface area contributed by atoms with Gasteiger partial charge in [-0.05, 0) is 43.0 Å². The van der Waals surface area contributed by atoms with E-state index in [9.17, 15) is 8.42 Å². The molecule has 0 N–H and O–H groups in total. The summed E-state index contributed by atoms with van der Waals surface area (Å²) in [6, 6.07) is 17.2. The van der Waals surface area contributed by atoms with E-state index in [0.717, 1.165) is 29.0 Å². The van der Waals surface area contributed by atoms with Crippen molar-refractivity contribution in [2.45, 2.75) is 44.2 Å². The minimum absolute atomic E-state index is 0.0178. The molecule has 1 fully saturated rings. The van der Waals surface area contributed by atoms with Crippen LogP contribution in [-0.2, 0) is 30.2 Å². The van der Waals surface area contributed by atoms with Crippen LogP contribution in [0.2, 0.25) is 0 Å². The summed E-state index contributed by atoms with van der Waals surface area (Å²) in [5, 5.41) is -0.476. The first-order valence-electron chi connectivity index (χ1n) is 10.2. The van der Waals surface area contributed by atoms with Crippen LogP contribution in [0.1, 0.15) is 41.8 Å². The summed E-state index contributed by atoms with van der Waals surface area (Å²) in [6.45, 7) is 2.80. The van der Waals surface area contributed by atoms with Crippen molar-refractivity contribution in [2.75, 3.05) is 0 Å². The van der Waals surface area contributed by atoms with E-state index in [1.54, 1.807) is 16.8 Å². The van der Waals surface area contributed by atoms with E-state index in [1.807, 2.05) is 73.1 Å². The standard InChI is InChI=1S/C23H27N3O3S/c1-18-8-13-23(20-6-4-3-5-7-20)30(27,28)26(18)15-19-9-11-22(12-10-19)29-16-21-14-24-17-25(21)2/h3-7,9-12,14,17-18,23H,8,13,15-16H2,1-2H3/t18-,23?/m0/s1. The van der Waals surface area contributed by atoms with Crippen molar-refractivity contribution in [1.29, 1.82) is 0 Å². The van der Waals surface area contributed by atoms with Gasteiger partial charge in [0, 0.05) is 19.6 Å². The molecule has 1 unspecified atom stereocenters. The van der Waals surface area contributed by atoms with E-state index in [4.69, 9.17) is 4.74 Å². The number of nitrogens with zero attached hydrogens (tertiary/aromatic N) is 3. The molecule has 3 aromatic rings. The second-order valence-electron chi connectivity index (χ2n) is 7.84. The number of imidazole rings is 1. The minimum atomic E-state index is -3.43. The Morgan fingerprint density at radius 3 is 2.47 bits per heavy atom. The van der Waals surface area contributed by atoms with Gasteiger partial charge < -0.3 is 9.30 Å². The molecule has 1 aliphatic heterocycles. The second kappa shape index (κ2) is 8.62. The summed E-state index contributed by atoms with van der Waals surface area (Å²) < 4.78 is 36.1. The lowest BCUT2D eigenvalue weighted by Crippen LogP contribution is -2.44. The Balaban J connectivity index is 1.46. The number of benzene rings is 2. The highest BCUT2D eigenvalue weighted by Crippen LogP contribution is 2.38. The molecule has 7 heteroatoms. The summed E-state index contributed by atoms with van der Waals surface area (Å²) in [5.41, 5.74) is 2.81. The summed E-state index contributed by atoms with van der Waals surface area (Å²) in [4.78, 5) is 4.08. The Kier molecular flexibility index (Phi) is 5.92. The molecule has 0 amide bonds. The highest BCUT2D eigenvalue weighted by molar-refractivity contribution is 7.89. The maximum atomic E-state index is 13.4. The molecule has 0 bridgehead atoms. The van der Waals surface area contributed by atoms with Crippen molar-refractivity contribution in [3.05, 3.63) is 83.9 Å². The molecular formula is C23H27N3O3S. The Labute approximate surface area is 178 Å². The largest absolute Gasteiger partial charge is 0.487 e. The summed E-state index contributed by atoms with van der Waals surface area (Å²) >= 11 is 0. The molecule has 1 saturated heterocycles.